The summed E-state index contributed by atoms with van der Waals surface area (Å²) in [5.41, 5.74) is 2.76. The van der Waals surface area contributed by atoms with Crippen LogP contribution in [-0.2, 0) is 6.54 Å². The quantitative estimate of drug-likeness (QED) is 0.486. The molecule has 104 valence electrons. The van der Waals surface area contributed by atoms with Crippen molar-refractivity contribution < 1.29 is 5.03 Å². The predicted molar refractivity (Wildman–Crippen MR) is 78.2 cm³/mol. The summed E-state index contributed by atoms with van der Waals surface area (Å²) in [6, 6.07) is 13.5. The fourth-order valence-corrected chi connectivity index (χ4v) is 2.12. The van der Waals surface area contributed by atoms with Crippen molar-refractivity contribution in [3.8, 4) is 0 Å². The van der Waals surface area contributed by atoms with Crippen LogP contribution in [0, 0.1) is 29.2 Å². The number of hydroxylamine groups is 1. The van der Waals surface area contributed by atoms with Crippen molar-refractivity contribution >= 4 is 5.69 Å². The zero-order valence-corrected chi connectivity index (χ0v) is 11.4. The molecular formula is C15H16N2O3. The van der Waals surface area contributed by atoms with Gasteiger partial charge >= 0.3 is 0 Å². The monoisotopic (exact) mass is 272 g/mol. The average molecular weight is 272 g/mol. The molecule has 0 bridgehead atoms. The number of hydrogen-bond acceptors (Lipinski definition) is 3. The van der Waals surface area contributed by atoms with Crippen LogP contribution in [0.1, 0.15) is 16.7 Å². The van der Waals surface area contributed by atoms with Crippen molar-refractivity contribution in [1.82, 2.24) is 4.76 Å². The molecule has 2 aromatic rings. The van der Waals surface area contributed by atoms with E-state index >= 15 is 0 Å². The van der Waals surface area contributed by atoms with Crippen LogP contribution < -0.4 is 4.76 Å². The maximum Gasteiger partial charge on any atom is 0.244 e. The lowest BCUT2D eigenvalue weighted by atomic mass is 10.0. The Bertz CT molecular complexity index is 628. The molecule has 5 heteroatoms. The highest BCUT2D eigenvalue weighted by atomic mass is 16.8. The highest BCUT2D eigenvalue weighted by Gasteiger charge is 2.34. The molecule has 0 aromatic heterocycles. The van der Waals surface area contributed by atoms with E-state index in [4.69, 9.17) is 0 Å². The Morgan fingerprint density at radius 3 is 2.30 bits per heavy atom. The van der Waals surface area contributed by atoms with Gasteiger partial charge in [-0.05, 0) is 29.7 Å². The maximum atomic E-state index is 12.7. The zero-order chi connectivity index (χ0) is 14.8. The van der Waals surface area contributed by atoms with Crippen LogP contribution in [0.15, 0.2) is 48.5 Å². The van der Waals surface area contributed by atoms with Crippen LogP contribution in [0.2, 0.25) is 0 Å². The molecule has 0 heterocycles. The highest BCUT2D eigenvalue weighted by molar-refractivity contribution is 5.43. The minimum atomic E-state index is -1.59. The van der Waals surface area contributed by atoms with Gasteiger partial charge in [0, 0.05) is 17.7 Å². The summed E-state index contributed by atoms with van der Waals surface area (Å²) in [7, 11) is 0. The Morgan fingerprint density at radius 1 is 1.05 bits per heavy atom. The first kappa shape index (κ1) is 14.2. The first-order valence-corrected chi connectivity index (χ1v) is 6.30. The van der Waals surface area contributed by atoms with Crippen LogP contribution in [0.4, 0.5) is 5.69 Å². The van der Waals surface area contributed by atoms with E-state index in [9.17, 15) is 15.3 Å². The van der Waals surface area contributed by atoms with Crippen molar-refractivity contribution in [2.75, 3.05) is 0 Å². The second kappa shape index (κ2) is 5.40. The van der Waals surface area contributed by atoms with E-state index < -0.39 is 9.79 Å². The fourth-order valence-electron chi connectivity index (χ4n) is 2.12. The van der Waals surface area contributed by atoms with Crippen molar-refractivity contribution in [3.05, 3.63) is 80.5 Å². The van der Waals surface area contributed by atoms with E-state index in [1.165, 1.54) is 12.1 Å². The average Bonchev–Trinajstić information content (AvgIpc) is 2.44. The summed E-state index contributed by atoms with van der Waals surface area (Å²) in [4.78, 5) is 11.3. The molecule has 1 atom stereocenters. The molecule has 2 aromatic carbocycles. The number of quaternary nitrogens is 1. The molecular weight excluding hydrogens is 256 g/mol. The first-order valence-electron chi connectivity index (χ1n) is 6.30. The van der Waals surface area contributed by atoms with Crippen LogP contribution in [0.3, 0.4) is 0 Å². The standard InChI is InChI=1S/C15H16N2O3/c1-12-7-6-8-14(13(12)2)11-17(20,16(18)19)15-9-4-3-5-10-15/h3-10H,11H2,1-2H3. The Kier molecular flexibility index (Phi) is 3.83. The summed E-state index contributed by atoms with van der Waals surface area (Å²) < 4.78 is -1.59. The van der Waals surface area contributed by atoms with E-state index in [-0.39, 0.29) is 12.2 Å². The second-order valence-electron chi connectivity index (χ2n) is 4.79. The molecule has 0 aliphatic carbocycles. The largest absolute Gasteiger partial charge is 0.564 e. The molecule has 0 N–H and O–H groups in total. The molecule has 0 aliphatic heterocycles. The number of hydrogen-bond donors (Lipinski definition) is 0. The van der Waals surface area contributed by atoms with Gasteiger partial charge in [-0.25, -0.2) is 10.1 Å². The van der Waals surface area contributed by atoms with E-state index in [1.54, 1.807) is 24.3 Å². The van der Waals surface area contributed by atoms with E-state index in [2.05, 4.69) is 0 Å². The lowest BCUT2D eigenvalue weighted by Crippen LogP contribution is -2.47. The van der Waals surface area contributed by atoms with Crippen LogP contribution in [-0.4, -0.2) is 5.03 Å². The third-order valence-corrected chi connectivity index (χ3v) is 3.52. The van der Waals surface area contributed by atoms with Gasteiger partial charge in [-0.3, -0.25) is 0 Å². The van der Waals surface area contributed by atoms with E-state index in [0.717, 1.165) is 11.1 Å². The number of rotatable bonds is 4. The summed E-state index contributed by atoms with van der Waals surface area (Å²) in [6.45, 7) is 3.58. The molecule has 5 nitrogen and oxygen atoms in total. The smallest absolute Gasteiger partial charge is 0.244 e. The Balaban J connectivity index is 2.45. The molecule has 0 spiro atoms. The third kappa shape index (κ3) is 2.54. The first-order chi connectivity index (χ1) is 9.45. The van der Waals surface area contributed by atoms with Gasteiger partial charge in [0.1, 0.15) is 0 Å². The van der Waals surface area contributed by atoms with Crippen LogP contribution in [0.5, 0.6) is 0 Å². The lowest BCUT2D eigenvalue weighted by Gasteiger charge is -2.29. The number of aryl methyl sites for hydroxylation is 1. The minimum absolute atomic E-state index is 0.124. The van der Waals surface area contributed by atoms with Gasteiger partial charge < -0.3 is 5.21 Å². The van der Waals surface area contributed by atoms with Gasteiger partial charge in [-0.1, -0.05) is 36.4 Å². The van der Waals surface area contributed by atoms with E-state index in [0.29, 0.717) is 5.56 Å². The molecule has 0 radical (unpaired) electrons. The SMILES string of the molecule is Cc1cccc(C[N+]([O-])(c2ccccc2)[N+](=O)[O-])c1C. The molecule has 0 saturated carbocycles. The highest BCUT2D eigenvalue weighted by Crippen LogP contribution is 2.26. The fraction of sp³-hybridized carbons (Fsp3) is 0.200. The minimum Gasteiger partial charge on any atom is -0.564 e. The van der Waals surface area contributed by atoms with Gasteiger partial charge in [0.15, 0.2) is 12.2 Å². The van der Waals surface area contributed by atoms with Crippen LogP contribution in [0.25, 0.3) is 0 Å². The van der Waals surface area contributed by atoms with Crippen molar-refractivity contribution in [3.63, 3.8) is 0 Å². The van der Waals surface area contributed by atoms with Crippen molar-refractivity contribution in [2.45, 2.75) is 20.4 Å². The normalized spacial score (nSPS) is 13.8. The Morgan fingerprint density at radius 2 is 1.70 bits per heavy atom. The molecule has 1 unspecified atom stereocenters. The number of nitrogens with zero attached hydrogens (tertiary/aromatic N) is 2. The predicted octanol–water partition coefficient (Wildman–Crippen LogP) is 3.50. The zero-order valence-electron chi connectivity index (χ0n) is 11.4. The van der Waals surface area contributed by atoms with Gasteiger partial charge in [-0.2, -0.15) is 0 Å². The third-order valence-electron chi connectivity index (χ3n) is 3.52. The van der Waals surface area contributed by atoms with E-state index in [1.807, 2.05) is 26.0 Å². The van der Waals surface area contributed by atoms with Crippen LogP contribution >= 0.6 is 0 Å². The van der Waals surface area contributed by atoms with Gasteiger partial charge in [0.25, 0.3) is 0 Å². The second-order valence-corrected chi connectivity index (χ2v) is 4.79. The lowest BCUT2D eigenvalue weighted by molar-refractivity contribution is -0.631. The number of benzene rings is 2. The summed E-state index contributed by atoms with van der Waals surface area (Å²) in [5, 5.41) is 23.2. The summed E-state index contributed by atoms with van der Waals surface area (Å²) in [5.74, 6) is 0. The molecule has 0 saturated heterocycles. The maximum absolute atomic E-state index is 12.7. The molecule has 0 aliphatic rings. The van der Waals surface area contributed by atoms with Gasteiger partial charge in [0.05, 0.1) is 0 Å². The molecule has 0 amide bonds. The Hall–Kier alpha value is -2.24. The number of para-hydroxylation sites is 1. The van der Waals surface area contributed by atoms with Gasteiger partial charge in [0.2, 0.25) is 5.03 Å². The summed E-state index contributed by atoms with van der Waals surface area (Å²) >= 11 is 0. The van der Waals surface area contributed by atoms with Gasteiger partial charge in [-0.15, -0.1) is 0 Å². The van der Waals surface area contributed by atoms with Crippen molar-refractivity contribution in [2.24, 2.45) is 0 Å². The Labute approximate surface area is 117 Å². The summed E-state index contributed by atoms with van der Waals surface area (Å²) in [6.07, 6.45) is 0. The number of nitro groups is 1. The topological polar surface area (TPSA) is 66.2 Å². The molecule has 20 heavy (non-hydrogen) atoms. The molecule has 0 fully saturated rings. The van der Waals surface area contributed by atoms with Crippen molar-refractivity contribution in [1.29, 1.82) is 0 Å². The molecule has 2 rings (SSSR count).